The van der Waals surface area contributed by atoms with Crippen molar-refractivity contribution in [3.8, 4) is 5.88 Å². The van der Waals surface area contributed by atoms with E-state index in [9.17, 15) is 8.42 Å². The van der Waals surface area contributed by atoms with Crippen molar-refractivity contribution in [2.24, 2.45) is 0 Å². The first-order chi connectivity index (χ1) is 9.39. The fourth-order valence-electron chi connectivity index (χ4n) is 2.06. The molecule has 0 saturated carbocycles. The van der Waals surface area contributed by atoms with Crippen LogP contribution in [0.3, 0.4) is 0 Å². The molecule has 1 aromatic heterocycles. The van der Waals surface area contributed by atoms with Crippen molar-refractivity contribution in [3.05, 3.63) is 17.8 Å². The zero-order valence-corrected chi connectivity index (χ0v) is 12.8. The van der Waals surface area contributed by atoms with Gasteiger partial charge in [-0.2, -0.15) is 22.1 Å². The molecule has 0 bridgehead atoms. The highest BCUT2D eigenvalue weighted by molar-refractivity contribution is 7.86. The Labute approximate surface area is 119 Å². The second kappa shape index (κ2) is 6.02. The number of hydrogen-bond donors (Lipinski definition) is 0. The van der Waals surface area contributed by atoms with Crippen LogP contribution < -0.4 is 4.74 Å². The molecule has 0 spiro atoms. The lowest BCUT2D eigenvalue weighted by atomic mass is 10.1. The molecule has 8 heteroatoms. The summed E-state index contributed by atoms with van der Waals surface area (Å²) in [5.74, 6) is 0.435. The van der Waals surface area contributed by atoms with Crippen LogP contribution in [-0.4, -0.2) is 60.5 Å². The molecule has 7 nitrogen and oxygen atoms in total. The number of nitrogens with zero attached hydrogens (tertiary/aromatic N) is 4. The largest absolute Gasteiger partial charge is 0.472 e. The molecule has 0 amide bonds. The van der Waals surface area contributed by atoms with Gasteiger partial charge in [-0.05, 0) is 25.8 Å². The summed E-state index contributed by atoms with van der Waals surface area (Å²) in [6, 6.07) is 3.57. The van der Waals surface area contributed by atoms with Crippen LogP contribution in [-0.2, 0) is 10.2 Å². The maximum Gasteiger partial charge on any atom is 0.281 e. The third-order valence-corrected chi connectivity index (χ3v) is 5.10. The third-order valence-electron chi connectivity index (χ3n) is 3.19. The average Bonchev–Trinajstić information content (AvgIpc) is 2.41. The van der Waals surface area contributed by atoms with E-state index in [4.69, 9.17) is 4.74 Å². The van der Waals surface area contributed by atoms with Gasteiger partial charge in [0, 0.05) is 26.7 Å². The van der Waals surface area contributed by atoms with Gasteiger partial charge in [0.25, 0.3) is 10.2 Å². The molecule has 20 heavy (non-hydrogen) atoms. The topological polar surface area (TPSA) is 75.6 Å². The fourth-order valence-corrected chi connectivity index (χ4v) is 3.24. The first kappa shape index (κ1) is 15.1. The van der Waals surface area contributed by atoms with Crippen LogP contribution in [0.15, 0.2) is 12.1 Å². The van der Waals surface area contributed by atoms with Crippen molar-refractivity contribution >= 4 is 10.2 Å². The van der Waals surface area contributed by atoms with E-state index in [0.717, 1.165) is 18.5 Å². The van der Waals surface area contributed by atoms with E-state index in [1.54, 1.807) is 6.07 Å². The van der Waals surface area contributed by atoms with Crippen molar-refractivity contribution in [2.75, 3.05) is 27.2 Å². The predicted octanol–water partition coefficient (Wildman–Crippen LogP) is 0.435. The summed E-state index contributed by atoms with van der Waals surface area (Å²) in [7, 11) is -0.315. The highest BCUT2D eigenvalue weighted by Gasteiger charge is 2.31. The monoisotopic (exact) mass is 300 g/mol. The maximum absolute atomic E-state index is 12.1. The molecular weight excluding hydrogens is 280 g/mol. The summed E-state index contributed by atoms with van der Waals surface area (Å²) in [4.78, 5) is 0. The molecule has 2 rings (SSSR count). The van der Waals surface area contributed by atoms with E-state index in [-0.39, 0.29) is 6.10 Å². The van der Waals surface area contributed by atoms with Gasteiger partial charge in [-0.1, -0.05) is 0 Å². The van der Waals surface area contributed by atoms with Gasteiger partial charge in [-0.3, -0.25) is 0 Å². The lowest BCUT2D eigenvalue weighted by Gasteiger charge is -2.33. The molecule has 1 saturated heterocycles. The molecule has 1 fully saturated rings. The minimum atomic E-state index is -3.38. The average molecular weight is 300 g/mol. The van der Waals surface area contributed by atoms with Crippen LogP contribution in [0.5, 0.6) is 5.88 Å². The maximum atomic E-state index is 12.1. The van der Waals surface area contributed by atoms with Gasteiger partial charge in [0.1, 0.15) is 6.10 Å². The van der Waals surface area contributed by atoms with Crippen molar-refractivity contribution in [3.63, 3.8) is 0 Å². The Morgan fingerprint density at radius 1 is 1.35 bits per heavy atom. The molecule has 2 heterocycles. The number of hydrogen-bond acceptors (Lipinski definition) is 5. The number of piperidine rings is 1. The molecule has 0 N–H and O–H groups in total. The van der Waals surface area contributed by atoms with Crippen LogP contribution in [0.1, 0.15) is 18.5 Å². The number of aryl methyl sites for hydroxylation is 1. The predicted molar refractivity (Wildman–Crippen MR) is 74.6 cm³/mol. The van der Waals surface area contributed by atoms with Gasteiger partial charge in [0.05, 0.1) is 12.2 Å². The lowest BCUT2D eigenvalue weighted by molar-refractivity contribution is 0.121. The molecule has 0 radical (unpaired) electrons. The van der Waals surface area contributed by atoms with E-state index in [0.29, 0.717) is 19.0 Å². The van der Waals surface area contributed by atoms with Crippen molar-refractivity contribution in [1.29, 1.82) is 0 Å². The number of ether oxygens (including phenoxy) is 1. The van der Waals surface area contributed by atoms with E-state index in [1.807, 2.05) is 13.0 Å². The highest BCUT2D eigenvalue weighted by Crippen LogP contribution is 2.19. The van der Waals surface area contributed by atoms with Crippen molar-refractivity contribution in [2.45, 2.75) is 25.9 Å². The van der Waals surface area contributed by atoms with Gasteiger partial charge in [-0.15, -0.1) is 5.10 Å². The van der Waals surface area contributed by atoms with Crippen LogP contribution >= 0.6 is 0 Å². The third kappa shape index (κ3) is 3.44. The Hall–Kier alpha value is -1.25. The molecule has 1 aromatic rings. The summed E-state index contributed by atoms with van der Waals surface area (Å²) in [5.41, 5.74) is 0.817. The Kier molecular flexibility index (Phi) is 4.56. The summed E-state index contributed by atoms with van der Waals surface area (Å²) >= 11 is 0. The molecule has 1 aliphatic heterocycles. The zero-order chi connectivity index (χ0) is 14.8. The Balaban J connectivity index is 2.02. The summed E-state index contributed by atoms with van der Waals surface area (Å²) < 4.78 is 32.6. The first-order valence-electron chi connectivity index (χ1n) is 6.54. The first-order valence-corrected chi connectivity index (χ1v) is 7.94. The molecule has 112 valence electrons. The van der Waals surface area contributed by atoms with E-state index in [2.05, 4.69) is 10.2 Å². The quantitative estimate of drug-likeness (QED) is 0.806. The standard InChI is InChI=1S/C12H20N4O3S/c1-10-6-7-12(14-13-10)19-11-5-4-8-16(9-11)20(17,18)15(2)3/h6-7,11H,4-5,8-9H2,1-3H3. The summed E-state index contributed by atoms with van der Waals surface area (Å²) in [6.45, 7) is 2.72. The second-order valence-corrected chi connectivity index (χ2v) is 7.19. The lowest BCUT2D eigenvalue weighted by Crippen LogP contribution is -2.48. The molecule has 1 unspecified atom stereocenters. The Morgan fingerprint density at radius 2 is 2.10 bits per heavy atom. The van der Waals surface area contributed by atoms with Gasteiger partial charge < -0.3 is 4.74 Å². The van der Waals surface area contributed by atoms with Gasteiger partial charge in [0.15, 0.2) is 0 Å². The highest BCUT2D eigenvalue weighted by atomic mass is 32.2. The Bertz CT molecular complexity index is 544. The smallest absolute Gasteiger partial charge is 0.281 e. The van der Waals surface area contributed by atoms with Crippen LogP contribution in [0.4, 0.5) is 0 Å². The second-order valence-electron chi connectivity index (χ2n) is 5.04. The molecule has 1 aliphatic rings. The van der Waals surface area contributed by atoms with Gasteiger partial charge in [-0.25, -0.2) is 0 Å². The van der Waals surface area contributed by atoms with E-state index in [1.165, 1.54) is 22.7 Å². The van der Waals surface area contributed by atoms with Gasteiger partial charge >= 0.3 is 0 Å². The minimum Gasteiger partial charge on any atom is -0.472 e. The van der Waals surface area contributed by atoms with Gasteiger partial charge in [0.2, 0.25) is 5.88 Å². The summed E-state index contributed by atoms with van der Waals surface area (Å²) in [6.07, 6.45) is 1.40. The Morgan fingerprint density at radius 3 is 2.70 bits per heavy atom. The van der Waals surface area contributed by atoms with Crippen LogP contribution in [0.25, 0.3) is 0 Å². The van der Waals surface area contributed by atoms with Crippen LogP contribution in [0.2, 0.25) is 0 Å². The molecule has 0 aliphatic carbocycles. The molecule has 0 aromatic carbocycles. The van der Waals surface area contributed by atoms with Crippen LogP contribution in [0, 0.1) is 6.92 Å². The SMILES string of the molecule is Cc1ccc(OC2CCCN(S(=O)(=O)N(C)C)C2)nn1. The number of rotatable bonds is 4. The summed E-state index contributed by atoms with van der Waals surface area (Å²) in [5, 5.41) is 7.87. The normalized spacial score (nSPS) is 21.1. The zero-order valence-electron chi connectivity index (χ0n) is 12.0. The number of aromatic nitrogens is 2. The van der Waals surface area contributed by atoms with E-state index >= 15 is 0 Å². The minimum absolute atomic E-state index is 0.185. The van der Waals surface area contributed by atoms with Crippen molar-refractivity contribution < 1.29 is 13.2 Å². The fraction of sp³-hybridized carbons (Fsp3) is 0.667. The van der Waals surface area contributed by atoms with Crippen molar-refractivity contribution in [1.82, 2.24) is 18.8 Å². The molecular formula is C12H20N4O3S. The van der Waals surface area contributed by atoms with E-state index < -0.39 is 10.2 Å². The molecule has 1 atom stereocenters.